The second kappa shape index (κ2) is 8.29. The number of rotatable bonds is 4. The minimum atomic E-state index is -0.235. The molecule has 2 aliphatic heterocycles. The molecule has 3 rings (SSSR count). The second-order valence-corrected chi connectivity index (χ2v) is 5.78. The summed E-state index contributed by atoms with van der Waals surface area (Å²) < 4.78 is 16.5. The predicted molar refractivity (Wildman–Crippen MR) is 85.3 cm³/mol. The summed E-state index contributed by atoms with van der Waals surface area (Å²) in [6.07, 6.45) is -0.138. The molecule has 6 nitrogen and oxygen atoms in total. The molecule has 0 bridgehead atoms. The lowest BCUT2D eigenvalue weighted by atomic mass is 10.1. The third-order valence-electron chi connectivity index (χ3n) is 4.22. The van der Waals surface area contributed by atoms with Crippen LogP contribution < -0.4 is 0 Å². The molecule has 0 aromatic heterocycles. The number of hydrogen-bond acceptors (Lipinski definition) is 5. The molecule has 2 saturated heterocycles. The molecule has 1 atom stereocenters. The van der Waals surface area contributed by atoms with E-state index < -0.39 is 0 Å². The Balaban J connectivity index is 1.40. The Morgan fingerprint density at radius 3 is 2.70 bits per heavy atom. The van der Waals surface area contributed by atoms with Gasteiger partial charge in [0.1, 0.15) is 6.61 Å². The van der Waals surface area contributed by atoms with Gasteiger partial charge in [0.2, 0.25) is 0 Å². The van der Waals surface area contributed by atoms with Crippen LogP contribution >= 0.6 is 0 Å². The molecule has 0 spiro atoms. The summed E-state index contributed by atoms with van der Waals surface area (Å²) in [5.74, 6) is 0. The fraction of sp³-hybridized carbons (Fsp3) is 0.588. The quantitative estimate of drug-likeness (QED) is 0.842. The van der Waals surface area contributed by atoms with Gasteiger partial charge in [-0.1, -0.05) is 30.3 Å². The Morgan fingerprint density at radius 1 is 1.13 bits per heavy atom. The first-order chi connectivity index (χ1) is 11.3. The van der Waals surface area contributed by atoms with Crippen molar-refractivity contribution in [3.8, 4) is 0 Å². The molecule has 2 fully saturated rings. The Labute approximate surface area is 136 Å². The van der Waals surface area contributed by atoms with Crippen LogP contribution in [0.25, 0.3) is 0 Å². The van der Waals surface area contributed by atoms with E-state index in [0.29, 0.717) is 39.5 Å². The van der Waals surface area contributed by atoms with Crippen molar-refractivity contribution < 1.29 is 19.0 Å². The molecule has 0 N–H and O–H groups in total. The van der Waals surface area contributed by atoms with E-state index >= 15 is 0 Å². The highest BCUT2D eigenvalue weighted by atomic mass is 16.6. The van der Waals surface area contributed by atoms with Gasteiger partial charge in [0.05, 0.1) is 25.9 Å². The normalized spacial score (nSPS) is 22.8. The van der Waals surface area contributed by atoms with Gasteiger partial charge in [-0.3, -0.25) is 4.90 Å². The summed E-state index contributed by atoms with van der Waals surface area (Å²) in [5, 5.41) is 0. The zero-order chi connectivity index (χ0) is 15.9. The maximum atomic E-state index is 11.9. The first-order valence-electron chi connectivity index (χ1n) is 8.21. The SMILES string of the molecule is O=C(OCCN1CCOC(c2ccccc2)C1)N1CCOCC1. The second-order valence-electron chi connectivity index (χ2n) is 5.78. The Kier molecular flexibility index (Phi) is 5.85. The maximum absolute atomic E-state index is 11.9. The molecule has 23 heavy (non-hydrogen) atoms. The molecule has 126 valence electrons. The van der Waals surface area contributed by atoms with Gasteiger partial charge in [0.25, 0.3) is 0 Å². The first kappa shape index (κ1) is 16.2. The molecule has 2 heterocycles. The van der Waals surface area contributed by atoms with E-state index in [2.05, 4.69) is 17.0 Å². The molecule has 0 radical (unpaired) electrons. The minimum Gasteiger partial charge on any atom is -0.448 e. The van der Waals surface area contributed by atoms with Gasteiger partial charge in [0, 0.05) is 32.7 Å². The van der Waals surface area contributed by atoms with E-state index in [4.69, 9.17) is 14.2 Å². The number of hydrogen-bond donors (Lipinski definition) is 0. The van der Waals surface area contributed by atoms with Crippen molar-refractivity contribution in [1.29, 1.82) is 0 Å². The summed E-state index contributed by atoms with van der Waals surface area (Å²) in [4.78, 5) is 15.9. The molecule has 1 unspecified atom stereocenters. The van der Waals surface area contributed by atoms with E-state index in [1.54, 1.807) is 4.90 Å². The van der Waals surface area contributed by atoms with E-state index in [1.807, 2.05) is 18.2 Å². The summed E-state index contributed by atoms with van der Waals surface area (Å²) >= 11 is 0. The first-order valence-corrected chi connectivity index (χ1v) is 8.21. The topological polar surface area (TPSA) is 51.2 Å². The summed E-state index contributed by atoms with van der Waals surface area (Å²) in [6.45, 7) is 5.99. The molecular formula is C17H24N2O4. The highest BCUT2D eigenvalue weighted by Crippen LogP contribution is 2.21. The summed E-state index contributed by atoms with van der Waals surface area (Å²) in [7, 11) is 0. The fourth-order valence-corrected chi connectivity index (χ4v) is 2.87. The molecule has 1 aromatic carbocycles. The van der Waals surface area contributed by atoms with Gasteiger partial charge in [-0.15, -0.1) is 0 Å². The van der Waals surface area contributed by atoms with Gasteiger partial charge >= 0.3 is 6.09 Å². The van der Waals surface area contributed by atoms with Crippen LogP contribution in [-0.2, 0) is 14.2 Å². The number of amides is 1. The largest absolute Gasteiger partial charge is 0.448 e. The Bertz CT molecular complexity index is 491. The fourth-order valence-electron chi connectivity index (χ4n) is 2.87. The zero-order valence-corrected chi connectivity index (χ0v) is 13.4. The molecule has 0 saturated carbocycles. The average Bonchev–Trinajstić information content (AvgIpc) is 2.63. The molecule has 0 aliphatic carbocycles. The highest BCUT2D eigenvalue weighted by molar-refractivity contribution is 5.67. The molecule has 2 aliphatic rings. The zero-order valence-electron chi connectivity index (χ0n) is 13.4. The lowest BCUT2D eigenvalue weighted by Crippen LogP contribution is -2.43. The number of carbonyl (C=O) groups excluding carboxylic acids is 1. The lowest BCUT2D eigenvalue weighted by molar-refractivity contribution is -0.0363. The van der Waals surface area contributed by atoms with Crippen molar-refractivity contribution in [2.24, 2.45) is 0 Å². The summed E-state index contributed by atoms with van der Waals surface area (Å²) in [6, 6.07) is 10.2. The number of carbonyl (C=O) groups is 1. The van der Waals surface area contributed by atoms with Crippen LogP contribution in [0.1, 0.15) is 11.7 Å². The van der Waals surface area contributed by atoms with Crippen LogP contribution in [-0.4, -0.2) is 75.0 Å². The van der Waals surface area contributed by atoms with Gasteiger partial charge in [-0.25, -0.2) is 4.79 Å². The van der Waals surface area contributed by atoms with Crippen molar-refractivity contribution in [3.05, 3.63) is 35.9 Å². The van der Waals surface area contributed by atoms with Crippen LogP contribution in [0.2, 0.25) is 0 Å². The van der Waals surface area contributed by atoms with Crippen LogP contribution in [0.4, 0.5) is 4.79 Å². The third kappa shape index (κ3) is 4.67. The van der Waals surface area contributed by atoms with Crippen LogP contribution in [0.3, 0.4) is 0 Å². The van der Waals surface area contributed by atoms with E-state index in [0.717, 1.165) is 19.6 Å². The van der Waals surface area contributed by atoms with Crippen LogP contribution in [0.5, 0.6) is 0 Å². The van der Waals surface area contributed by atoms with Crippen molar-refractivity contribution in [1.82, 2.24) is 9.80 Å². The van der Waals surface area contributed by atoms with Crippen LogP contribution in [0, 0.1) is 0 Å². The highest BCUT2D eigenvalue weighted by Gasteiger charge is 2.22. The Morgan fingerprint density at radius 2 is 1.91 bits per heavy atom. The third-order valence-corrected chi connectivity index (χ3v) is 4.22. The molecule has 1 amide bonds. The van der Waals surface area contributed by atoms with E-state index in [1.165, 1.54) is 5.56 Å². The average molecular weight is 320 g/mol. The van der Waals surface area contributed by atoms with E-state index in [-0.39, 0.29) is 12.2 Å². The van der Waals surface area contributed by atoms with Crippen molar-refractivity contribution >= 4 is 6.09 Å². The van der Waals surface area contributed by atoms with Gasteiger partial charge in [-0.05, 0) is 5.56 Å². The summed E-state index contributed by atoms with van der Waals surface area (Å²) in [5.41, 5.74) is 1.20. The molecular weight excluding hydrogens is 296 g/mol. The van der Waals surface area contributed by atoms with Gasteiger partial charge in [0.15, 0.2) is 0 Å². The standard InChI is InChI=1S/C17H24N2O4/c20-17(19-8-10-21-11-9-19)23-13-7-18-6-12-22-16(14-18)15-4-2-1-3-5-15/h1-5,16H,6-14H2. The van der Waals surface area contributed by atoms with Crippen LogP contribution in [0.15, 0.2) is 30.3 Å². The number of morpholine rings is 2. The van der Waals surface area contributed by atoms with Crippen molar-refractivity contribution in [3.63, 3.8) is 0 Å². The number of benzene rings is 1. The minimum absolute atomic E-state index is 0.0971. The number of ether oxygens (including phenoxy) is 3. The molecule has 1 aromatic rings. The smallest absolute Gasteiger partial charge is 0.409 e. The van der Waals surface area contributed by atoms with E-state index in [9.17, 15) is 4.79 Å². The van der Waals surface area contributed by atoms with Gasteiger partial charge in [-0.2, -0.15) is 0 Å². The monoisotopic (exact) mass is 320 g/mol. The predicted octanol–water partition coefficient (Wildman–Crippen LogP) is 1.53. The van der Waals surface area contributed by atoms with Crippen molar-refractivity contribution in [2.45, 2.75) is 6.10 Å². The van der Waals surface area contributed by atoms with Crippen molar-refractivity contribution in [2.75, 3.05) is 59.2 Å². The van der Waals surface area contributed by atoms with Gasteiger partial charge < -0.3 is 19.1 Å². The lowest BCUT2D eigenvalue weighted by Gasteiger charge is -2.33. The molecule has 6 heteroatoms. The maximum Gasteiger partial charge on any atom is 0.409 e. The Hall–Kier alpha value is -1.63. The number of nitrogens with zero attached hydrogens (tertiary/aromatic N) is 2.